The van der Waals surface area contributed by atoms with Gasteiger partial charge in [-0.05, 0) is 138 Å². The number of aliphatic hydroxyl groups is 2. The van der Waals surface area contributed by atoms with Gasteiger partial charge >= 0.3 is 6.09 Å². The van der Waals surface area contributed by atoms with E-state index in [0.717, 1.165) is 25.7 Å². The van der Waals surface area contributed by atoms with Crippen molar-refractivity contribution < 1.29 is 58.2 Å². The summed E-state index contributed by atoms with van der Waals surface area (Å²) < 4.78 is 30.7. The Bertz CT molecular complexity index is 2510. The molecule has 0 aliphatic carbocycles. The third-order valence-corrected chi connectivity index (χ3v) is 15.6. The Hall–Kier alpha value is -5.64. The number of carbonyl (C=O) groups excluding carboxylic acids is 4. The maximum absolute atomic E-state index is 14.6. The van der Waals surface area contributed by atoms with Gasteiger partial charge in [0, 0.05) is 68.3 Å². The number of fused-ring (bicyclic) bond motifs is 6. The van der Waals surface area contributed by atoms with Crippen molar-refractivity contribution >= 4 is 24.4 Å². The van der Waals surface area contributed by atoms with E-state index < -0.39 is 41.6 Å². The Morgan fingerprint density at radius 2 is 1.32 bits per heavy atom. The average molecular weight is 1010 g/mol. The van der Waals surface area contributed by atoms with Crippen LogP contribution in [0.2, 0.25) is 0 Å². The van der Waals surface area contributed by atoms with Crippen molar-refractivity contribution in [3.63, 3.8) is 0 Å². The number of amides is 3. The lowest BCUT2D eigenvalue weighted by Gasteiger charge is -2.41. The van der Waals surface area contributed by atoms with Crippen LogP contribution in [0.5, 0.6) is 23.0 Å². The Kier molecular flexibility index (Phi) is 17.9. The monoisotopic (exact) mass is 1010 g/mol. The van der Waals surface area contributed by atoms with Crippen LogP contribution in [0.4, 0.5) is 4.79 Å². The maximum Gasteiger partial charge on any atom is 0.415 e. The predicted octanol–water partition coefficient (Wildman–Crippen LogP) is 9.95. The number of piperidine rings is 1. The van der Waals surface area contributed by atoms with Crippen LogP contribution in [0, 0.1) is 0 Å². The molecule has 0 bridgehead atoms. The molecule has 5 atom stereocenters. The van der Waals surface area contributed by atoms with Crippen LogP contribution in [0.3, 0.4) is 0 Å². The fourth-order valence-corrected chi connectivity index (χ4v) is 10.8. The van der Waals surface area contributed by atoms with Crippen LogP contribution in [0.15, 0.2) is 58.7 Å². The number of allylic oxidation sites excluding steroid dienone is 8. The largest absolute Gasteiger partial charge is 0.508 e. The van der Waals surface area contributed by atoms with E-state index in [1.165, 1.54) is 33.3 Å². The highest BCUT2D eigenvalue weighted by Crippen LogP contribution is 2.49. The zero-order chi connectivity index (χ0) is 52.8. The lowest BCUT2D eigenvalue weighted by molar-refractivity contribution is -0.141. The Morgan fingerprint density at radius 1 is 0.767 bits per heavy atom. The van der Waals surface area contributed by atoms with Crippen molar-refractivity contribution in [3.05, 3.63) is 92.1 Å². The Labute approximate surface area is 431 Å². The van der Waals surface area contributed by atoms with Crippen molar-refractivity contribution in [2.45, 2.75) is 194 Å². The summed E-state index contributed by atoms with van der Waals surface area (Å²) in [5, 5.41) is 34.2. The Balaban J connectivity index is 1.06. The van der Waals surface area contributed by atoms with Crippen LogP contribution in [0.1, 0.15) is 175 Å². The number of hydrogen-bond acceptors (Lipinski definition) is 12. The van der Waals surface area contributed by atoms with Crippen LogP contribution in [0.25, 0.3) is 0 Å². The number of methoxy groups -OCH3 is 1. The third kappa shape index (κ3) is 12.7. The summed E-state index contributed by atoms with van der Waals surface area (Å²) in [6.07, 6.45) is 13.7. The van der Waals surface area contributed by atoms with Crippen molar-refractivity contribution in [1.82, 2.24) is 14.7 Å². The van der Waals surface area contributed by atoms with Crippen LogP contribution < -0.4 is 14.2 Å². The molecule has 2 aromatic carbocycles. The molecule has 0 radical (unpaired) electrons. The van der Waals surface area contributed by atoms with Gasteiger partial charge in [-0.1, -0.05) is 46.6 Å². The van der Waals surface area contributed by atoms with Gasteiger partial charge in [0.1, 0.15) is 34.2 Å². The molecule has 15 nitrogen and oxygen atoms in total. The molecule has 0 saturated carbocycles. The number of hydrogen-bond donors (Lipinski definition) is 3. The van der Waals surface area contributed by atoms with E-state index in [2.05, 4.69) is 65.8 Å². The molecule has 2 aromatic rings. The summed E-state index contributed by atoms with van der Waals surface area (Å²) >= 11 is 0. The molecule has 5 aliphatic heterocycles. The van der Waals surface area contributed by atoms with E-state index in [4.69, 9.17) is 23.7 Å². The molecule has 7 rings (SSSR count). The van der Waals surface area contributed by atoms with Crippen molar-refractivity contribution in [2.75, 3.05) is 26.7 Å². The van der Waals surface area contributed by atoms with Crippen molar-refractivity contribution in [3.8, 4) is 23.0 Å². The number of ether oxygens (including phenoxy) is 5. The molecular weight excluding hydrogens is 931 g/mol. The SMILES string of the molecule is COC1CCN(C(=O)Oc2cc3c(c4c2C[C@H](O)[C@@](C)(CC/C=C(\C)CCC=C(C)C)O4)CN([C@@H](CCCN2Cc4c(cc(O)c5c4O[C@](C)(CC/C=C(\C)CCC=C(C)C)[C@@H](O)C5)C2=O)OC=O)C3=O)CC1. The average Bonchev–Trinajstić information content (AvgIpc) is 3.84. The lowest BCUT2D eigenvalue weighted by atomic mass is 9.84. The van der Waals surface area contributed by atoms with E-state index in [0.29, 0.717) is 104 Å². The summed E-state index contributed by atoms with van der Waals surface area (Å²) in [5.74, 6) is 0.0968. The number of carbonyl (C=O) groups is 4. The number of phenolic OH excluding ortho intramolecular Hbond substituents is 1. The number of benzene rings is 2. The molecule has 1 fully saturated rings. The second-order valence-corrected chi connectivity index (χ2v) is 21.8. The van der Waals surface area contributed by atoms with Gasteiger partial charge < -0.3 is 48.8 Å². The number of likely N-dealkylation sites (tertiary alicyclic amines) is 1. The highest BCUT2D eigenvalue weighted by atomic mass is 16.6. The smallest absolute Gasteiger partial charge is 0.415 e. The van der Waals surface area contributed by atoms with Gasteiger partial charge in [-0.2, -0.15) is 0 Å². The second-order valence-electron chi connectivity index (χ2n) is 21.8. The highest BCUT2D eigenvalue weighted by molar-refractivity contribution is 6.01. The fourth-order valence-electron chi connectivity index (χ4n) is 10.8. The maximum atomic E-state index is 14.6. The minimum absolute atomic E-state index is 0.0238. The molecule has 3 amide bonds. The number of aliphatic hydroxyl groups excluding tert-OH is 2. The third-order valence-electron chi connectivity index (χ3n) is 15.6. The van der Waals surface area contributed by atoms with Crippen LogP contribution >= 0.6 is 0 Å². The molecular formula is C58H79N3O12. The topological polar surface area (TPSA) is 185 Å². The van der Waals surface area contributed by atoms with Gasteiger partial charge in [0.2, 0.25) is 0 Å². The molecule has 0 spiro atoms. The normalized spacial score (nSPS) is 23.2. The number of rotatable bonds is 21. The molecule has 0 aromatic heterocycles. The molecule has 1 saturated heterocycles. The standard InChI is InChI=1S/C58H79N3O12/c1-36(2)15-10-17-38(5)19-12-24-57(7)49(64)31-43-47(63)29-41-45(52(43)72-57)33-60(54(41)66)26-14-21-51(70-35-62)61-34-46-42(55(61)67)30-48(71-56(68)59-27-22-40(69-9)23-28-59)44-32-50(65)58(8,73-53(44)46)25-13-20-39(6)18-11-16-37(3)4/h15-16,19-20,29-30,35,40,49-51,63-65H,10-14,17-18,21-28,31-34H2,1-9H3/b38-19+,39-20+/t49-,50-,51+,57+,58+/m0/s1. The molecule has 73 heavy (non-hydrogen) atoms. The van der Waals surface area contributed by atoms with Crippen LogP contribution in [-0.4, -0.2) is 117 Å². The first kappa shape index (κ1) is 55.1. The van der Waals surface area contributed by atoms with E-state index in [-0.39, 0.29) is 68.0 Å². The summed E-state index contributed by atoms with van der Waals surface area (Å²) in [6, 6.07) is 3.00. The summed E-state index contributed by atoms with van der Waals surface area (Å²) in [4.78, 5) is 59.1. The quantitative estimate of drug-likeness (QED) is 0.0796. The predicted molar refractivity (Wildman–Crippen MR) is 278 cm³/mol. The molecule has 0 unspecified atom stereocenters. The first-order valence-corrected chi connectivity index (χ1v) is 26.3. The molecule has 15 heteroatoms. The highest BCUT2D eigenvalue weighted by Gasteiger charge is 2.47. The van der Waals surface area contributed by atoms with Gasteiger partial charge in [0.05, 0.1) is 42.5 Å². The first-order valence-electron chi connectivity index (χ1n) is 26.3. The second kappa shape index (κ2) is 23.7. The number of phenols is 1. The van der Waals surface area contributed by atoms with Gasteiger partial charge in [0.15, 0.2) is 6.23 Å². The Morgan fingerprint density at radius 3 is 1.88 bits per heavy atom. The van der Waals surface area contributed by atoms with Crippen molar-refractivity contribution in [2.24, 2.45) is 0 Å². The van der Waals surface area contributed by atoms with Gasteiger partial charge in [-0.3, -0.25) is 19.3 Å². The first-order chi connectivity index (χ1) is 34.7. The van der Waals surface area contributed by atoms with E-state index >= 15 is 0 Å². The fraction of sp³-hybridized carbons (Fsp3) is 0.586. The minimum Gasteiger partial charge on any atom is -0.508 e. The number of nitrogens with zero attached hydrogens (tertiary/aromatic N) is 3. The lowest BCUT2D eigenvalue weighted by Crippen LogP contribution is -2.49. The number of aromatic hydroxyl groups is 1. The molecule has 398 valence electrons. The van der Waals surface area contributed by atoms with E-state index in [1.807, 2.05) is 13.8 Å². The van der Waals surface area contributed by atoms with Crippen molar-refractivity contribution in [1.29, 1.82) is 0 Å². The summed E-state index contributed by atoms with van der Waals surface area (Å²) in [6.45, 7) is 18.0. The molecule has 3 N–H and O–H groups in total. The van der Waals surface area contributed by atoms with Gasteiger partial charge in [-0.25, -0.2) is 4.79 Å². The zero-order valence-corrected chi connectivity index (χ0v) is 44.6. The molecule has 5 aliphatic rings. The molecule has 5 heterocycles. The summed E-state index contributed by atoms with van der Waals surface area (Å²) in [7, 11) is 1.66. The zero-order valence-electron chi connectivity index (χ0n) is 44.6. The summed E-state index contributed by atoms with van der Waals surface area (Å²) in [5.41, 5.74) is 5.80. The van der Waals surface area contributed by atoms with E-state index in [1.54, 1.807) is 23.0 Å². The van der Waals surface area contributed by atoms with Gasteiger partial charge in [-0.15, -0.1) is 0 Å². The minimum atomic E-state index is -1.04. The van der Waals surface area contributed by atoms with Crippen LogP contribution in [-0.2, 0) is 40.2 Å². The van der Waals surface area contributed by atoms with E-state index in [9.17, 15) is 34.5 Å². The van der Waals surface area contributed by atoms with Gasteiger partial charge in [0.25, 0.3) is 18.3 Å².